The minimum absolute atomic E-state index is 0.0562. The van der Waals surface area contributed by atoms with Crippen molar-refractivity contribution in [1.82, 2.24) is 9.80 Å². The van der Waals surface area contributed by atoms with Crippen molar-refractivity contribution in [2.45, 2.75) is 6.18 Å². The number of amides is 2. The Bertz CT molecular complexity index is 979. The molecule has 6 nitrogen and oxygen atoms in total. The zero-order valence-electron chi connectivity index (χ0n) is 16.8. The van der Waals surface area contributed by atoms with Crippen LogP contribution in [0.5, 0.6) is 5.75 Å². The molecule has 0 unspecified atom stereocenters. The Kier molecular flexibility index (Phi) is 7.57. The molecule has 0 aliphatic carbocycles. The monoisotopic (exact) mass is 473 g/mol. The summed E-state index contributed by atoms with van der Waals surface area (Å²) in [5.41, 5.74) is -1.21. The summed E-state index contributed by atoms with van der Waals surface area (Å²) in [6.07, 6.45) is -4.57. The second-order valence-electron chi connectivity index (χ2n) is 7.11. The number of piperazine rings is 1. The number of anilines is 1. The molecule has 0 atom stereocenters. The van der Waals surface area contributed by atoms with Crippen molar-refractivity contribution < 1.29 is 31.9 Å². The van der Waals surface area contributed by atoms with Crippen LogP contribution in [0.3, 0.4) is 0 Å². The molecule has 2 aromatic carbocycles. The van der Waals surface area contributed by atoms with Gasteiger partial charge in [0, 0.05) is 26.2 Å². The summed E-state index contributed by atoms with van der Waals surface area (Å²) < 4.78 is 57.6. The van der Waals surface area contributed by atoms with Gasteiger partial charge in [-0.3, -0.25) is 14.5 Å². The molecule has 1 saturated heterocycles. The molecular formula is C21H20ClF4N3O3. The Morgan fingerprint density at radius 1 is 1.06 bits per heavy atom. The van der Waals surface area contributed by atoms with Crippen LogP contribution in [-0.4, -0.2) is 60.9 Å². The van der Waals surface area contributed by atoms with Gasteiger partial charge in [-0.1, -0.05) is 23.7 Å². The van der Waals surface area contributed by atoms with Gasteiger partial charge in [0.1, 0.15) is 11.6 Å². The molecule has 11 heteroatoms. The van der Waals surface area contributed by atoms with Crippen molar-refractivity contribution in [3.8, 4) is 5.75 Å². The molecule has 0 bridgehead atoms. The lowest BCUT2D eigenvalue weighted by molar-refractivity contribution is -0.137. The summed E-state index contributed by atoms with van der Waals surface area (Å²) in [6, 6.07) is 8.35. The molecule has 0 spiro atoms. The molecule has 1 heterocycles. The number of rotatable bonds is 6. The number of benzene rings is 2. The van der Waals surface area contributed by atoms with Gasteiger partial charge in [0.05, 0.1) is 22.8 Å². The highest BCUT2D eigenvalue weighted by molar-refractivity contribution is 6.32. The van der Waals surface area contributed by atoms with Crippen LogP contribution in [0.25, 0.3) is 0 Å². The second kappa shape index (κ2) is 10.2. The average Bonchev–Trinajstić information content (AvgIpc) is 2.73. The van der Waals surface area contributed by atoms with Crippen molar-refractivity contribution in [2.75, 3.05) is 44.6 Å². The quantitative estimate of drug-likeness (QED) is 0.650. The van der Waals surface area contributed by atoms with E-state index in [0.717, 1.165) is 12.1 Å². The zero-order chi connectivity index (χ0) is 23.3. The van der Waals surface area contributed by atoms with Crippen LogP contribution >= 0.6 is 11.6 Å². The molecule has 2 aromatic rings. The standard InChI is InChI=1S/C21H20ClF4N3O3/c22-16-11-14(23)5-6-18(16)32-13-20(31)29-9-7-28(8-10-29)12-19(30)27-17-4-2-1-3-15(17)21(24,25)26/h1-6,11H,7-10,12-13H2,(H,27,30). The molecule has 1 aliphatic rings. The minimum Gasteiger partial charge on any atom is -0.482 e. The maximum absolute atomic E-state index is 13.1. The van der Waals surface area contributed by atoms with E-state index < -0.39 is 23.5 Å². The number of alkyl halides is 3. The first-order valence-electron chi connectivity index (χ1n) is 9.67. The van der Waals surface area contributed by atoms with Crippen molar-refractivity contribution in [1.29, 1.82) is 0 Å². The molecule has 1 N–H and O–H groups in total. The van der Waals surface area contributed by atoms with Crippen molar-refractivity contribution >= 4 is 29.1 Å². The molecular weight excluding hydrogens is 454 g/mol. The smallest absolute Gasteiger partial charge is 0.418 e. The molecule has 0 radical (unpaired) electrons. The Morgan fingerprint density at radius 2 is 1.75 bits per heavy atom. The number of carbonyl (C=O) groups is 2. The van der Waals surface area contributed by atoms with Gasteiger partial charge in [0.15, 0.2) is 6.61 Å². The number of carbonyl (C=O) groups excluding carboxylic acids is 2. The van der Waals surface area contributed by atoms with Crippen LogP contribution in [0.15, 0.2) is 42.5 Å². The van der Waals surface area contributed by atoms with Crippen LogP contribution < -0.4 is 10.1 Å². The Labute approximate surface area is 186 Å². The van der Waals surface area contributed by atoms with E-state index in [-0.39, 0.29) is 35.5 Å². The molecule has 0 saturated carbocycles. The highest BCUT2D eigenvalue weighted by atomic mass is 35.5. The Hall–Kier alpha value is -2.85. The number of hydrogen-bond donors (Lipinski definition) is 1. The SMILES string of the molecule is O=C(CN1CCN(C(=O)COc2ccc(F)cc2Cl)CC1)Nc1ccccc1C(F)(F)F. The van der Waals surface area contributed by atoms with E-state index in [1.807, 2.05) is 0 Å². The van der Waals surface area contributed by atoms with Crippen LogP contribution in [0.2, 0.25) is 5.02 Å². The average molecular weight is 474 g/mol. The van der Waals surface area contributed by atoms with E-state index in [4.69, 9.17) is 16.3 Å². The Morgan fingerprint density at radius 3 is 2.41 bits per heavy atom. The number of nitrogens with zero attached hydrogens (tertiary/aromatic N) is 2. The summed E-state index contributed by atoms with van der Waals surface area (Å²) in [4.78, 5) is 27.9. The fourth-order valence-electron chi connectivity index (χ4n) is 3.21. The highest BCUT2D eigenvalue weighted by Gasteiger charge is 2.33. The van der Waals surface area contributed by atoms with E-state index in [0.29, 0.717) is 26.2 Å². The first-order valence-corrected chi connectivity index (χ1v) is 10.1. The van der Waals surface area contributed by atoms with Crippen LogP contribution in [0.4, 0.5) is 23.2 Å². The predicted octanol–water partition coefficient (Wildman–Crippen LogP) is 3.66. The van der Waals surface area contributed by atoms with Crippen molar-refractivity contribution in [2.24, 2.45) is 0 Å². The minimum atomic E-state index is -4.57. The van der Waals surface area contributed by atoms with Gasteiger partial charge in [0.2, 0.25) is 5.91 Å². The van der Waals surface area contributed by atoms with E-state index >= 15 is 0 Å². The maximum Gasteiger partial charge on any atom is 0.418 e. The van der Waals surface area contributed by atoms with Gasteiger partial charge in [0.25, 0.3) is 5.91 Å². The molecule has 3 rings (SSSR count). The number of halogens is 5. The van der Waals surface area contributed by atoms with Crippen LogP contribution in [0.1, 0.15) is 5.56 Å². The lowest BCUT2D eigenvalue weighted by Gasteiger charge is -2.34. The van der Waals surface area contributed by atoms with E-state index in [1.165, 1.54) is 30.3 Å². The second-order valence-corrected chi connectivity index (χ2v) is 7.52. The molecule has 32 heavy (non-hydrogen) atoms. The Balaban J connectivity index is 1.45. The fraction of sp³-hybridized carbons (Fsp3) is 0.333. The molecule has 1 aliphatic heterocycles. The van der Waals surface area contributed by atoms with Gasteiger partial charge in [-0.15, -0.1) is 0 Å². The third-order valence-electron chi connectivity index (χ3n) is 4.84. The van der Waals surface area contributed by atoms with E-state index in [9.17, 15) is 27.2 Å². The van der Waals surface area contributed by atoms with Gasteiger partial charge < -0.3 is 15.0 Å². The van der Waals surface area contributed by atoms with Crippen molar-refractivity contribution in [3.05, 3.63) is 58.9 Å². The third-order valence-corrected chi connectivity index (χ3v) is 5.14. The number of nitrogens with one attached hydrogen (secondary N) is 1. The van der Waals surface area contributed by atoms with Gasteiger partial charge in [-0.05, 0) is 30.3 Å². The largest absolute Gasteiger partial charge is 0.482 e. The van der Waals surface area contributed by atoms with Gasteiger partial charge in [-0.25, -0.2) is 4.39 Å². The number of para-hydroxylation sites is 1. The van der Waals surface area contributed by atoms with Gasteiger partial charge in [-0.2, -0.15) is 13.2 Å². The lowest BCUT2D eigenvalue weighted by Crippen LogP contribution is -2.51. The summed E-state index contributed by atoms with van der Waals surface area (Å²) in [5, 5.41) is 2.36. The third kappa shape index (κ3) is 6.33. The maximum atomic E-state index is 13.1. The molecule has 172 valence electrons. The number of hydrogen-bond acceptors (Lipinski definition) is 4. The topological polar surface area (TPSA) is 61.9 Å². The first-order chi connectivity index (χ1) is 15.1. The van der Waals surface area contributed by atoms with Crippen molar-refractivity contribution in [3.63, 3.8) is 0 Å². The van der Waals surface area contributed by atoms with Crippen LogP contribution in [0, 0.1) is 5.82 Å². The van der Waals surface area contributed by atoms with E-state index in [2.05, 4.69) is 5.32 Å². The first kappa shape index (κ1) is 23.8. The normalized spacial score (nSPS) is 14.8. The molecule has 1 fully saturated rings. The van der Waals surface area contributed by atoms with E-state index in [1.54, 1.807) is 9.80 Å². The summed E-state index contributed by atoms with van der Waals surface area (Å²) >= 11 is 5.86. The summed E-state index contributed by atoms with van der Waals surface area (Å²) in [6.45, 7) is 1.02. The molecule has 2 amide bonds. The molecule has 0 aromatic heterocycles. The number of ether oxygens (including phenoxy) is 1. The highest BCUT2D eigenvalue weighted by Crippen LogP contribution is 2.34. The van der Waals surface area contributed by atoms with Gasteiger partial charge >= 0.3 is 6.18 Å². The zero-order valence-corrected chi connectivity index (χ0v) is 17.5. The predicted molar refractivity (Wildman–Crippen MR) is 110 cm³/mol. The lowest BCUT2D eigenvalue weighted by atomic mass is 10.1. The van der Waals surface area contributed by atoms with Crippen LogP contribution in [-0.2, 0) is 15.8 Å². The summed E-state index contributed by atoms with van der Waals surface area (Å²) in [7, 11) is 0. The summed E-state index contributed by atoms with van der Waals surface area (Å²) in [5.74, 6) is -1.20. The fourth-order valence-corrected chi connectivity index (χ4v) is 3.43.